The maximum absolute atomic E-state index is 12.5. The van der Waals surface area contributed by atoms with Crippen LogP contribution in [0.5, 0.6) is 11.5 Å². The van der Waals surface area contributed by atoms with Gasteiger partial charge in [0.1, 0.15) is 17.1 Å². The second-order valence-corrected chi connectivity index (χ2v) is 8.17. The quantitative estimate of drug-likeness (QED) is 0.223. The highest BCUT2D eigenvalue weighted by atomic mass is 16.5. The fourth-order valence-corrected chi connectivity index (χ4v) is 4.19. The van der Waals surface area contributed by atoms with Gasteiger partial charge in [0.25, 0.3) is 0 Å². The number of benzene rings is 3. The summed E-state index contributed by atoms with van der Waals surface area (Å²) in [5.41, 5.74) is 2.23. The molecule has 4 rings (SSSR count). The van der Waals surface area contributed by atoms with E-state index < -0.39 is 11.9 Å². The van der Waals surface area contributed by atoms with Gasteiger partial charge in [-0.1, -0.05) is 12.1 Å². The van der Waals surface area contributed by atoms with Crippen molar-refractivity contribution in [2.75, 3.05) is 6.61 Å². The molecule has 1 aliphatic heterocycles. The predicted octanol–water partition coefficient (Wildman–Crippen LogP) is 5.16. The zero-order valence-electron chi connectivity index (χ0n) is 19.0. The molecule has 0 unspecified atom stereocenters. The van der Waals surface area contributed by atoms with Gasteiger partial charge in [-0.3, -0.25) is 9.59 Å². The first-order valence-corrected chi connectivity index (χ1v) is 11.2. The first-order chi connectivity index (χ1) is 16.8. The number of aryl methyl sites for hydroxylation is 1. The van der Waals surface area contributed by atoms with Crippen LogP contribution in [0.4, 0.5) is 0 Å². The largest absolute Gasteiger partial charge is 0.508 e. The molecule has 0 radical (unpaired) electrons. The van der Waals surface area contributed by atoms with Crippen LogP contribution in [0.25, 0.3) is 33.4 Å². The van der Waals surface area contributed by atoms with E-state index in [2.05, 4.69) is 0 Å². The Kier molecular flexibility index (Phi) is 6.73. The van der Waals surface area contributed by atoms with Gasteiger partial charge >= 0.3 is 11.9 Å². The Labute approximate surface area is 200 Å². The first-order valence-electron chi connectivity index (χ1n) is 11.2. The molecule has 2 aromatic carbocycles. The Morgan fingerprint density at radius 1 is 0.971 bits per heavy atom. The molecule has 1 aliphatic carbocycles. The fourth-order valence-electron chi connectivity index (χ4n) is 4.19. The van der Waals surface area contributed by atoms with Crippen molar-refractivity contribution in [3.05, 3.63) is 69.9 Å². The number of unbranched alkanes of at least 4 members (excludes halogenated alkanes) is 1. The van der Waals surface area contributed by atoms with Crippen LogP contribution in [0.1, 0.15) is 42.1 Å². The van der Waals surface area contributed by atoms with E-state index in [1.165, 1.54) is 18.2 Å². The number of hydrogen-bond donors (Lipinski definition) is 3. The van der Waals surface area contributed by atoms with Gasteiger partial charge in [0.2, 0.25) is 5.43 Å². The molecule has 0 spiro atoms. The van der Waals surface area contributed by atoms with Gasteiger partial charge in [-0.05, 0) is 61.6 Å². The maximum Gasteiger partial charge on any atom is 0.336 e. The molecule has 1 heterocycles. The van der Waals surface area contributed by atoms with Crippen molar-refractivity contribution < 1.29 is 34.1 Å². The molecule has 180 valence electrons. The first kappa shape index (κ1) is 23.8. The average Bonchev–Trinajstić information content (AvgIpc) is 2.81. The lowest BCUT2D eigenvalue weighted by atomic mass is 9.89. The second kappa shape index (κ2) is 9.89. The molecule has 3 N–H and O–H groups in total. The molecular formula is C27H24O8. The highest BCUT2D eigenvalue weighted by molar-refractivity contribution is 6.07. The number of rotatable bonds is 9. The van der Waals surface area contributed by atoms with Gasteiger partial charge in [0.15, 0.2) is 5.75 Å². The second-order valence-electron chi connectivity index (χ2n) is 8.17. The minimum absolute atomic E-state index is 0.0324. The van der Waals surface area contributed by atoms with E-state index in [9.17, 15) is 24.6 Å². The van der Waals surface area contributed by atoms with Crippen LogP contribution in [0.2, 0.25) is 0 Å². The Bertz CT molecular complexity index is 1450. The molecule has 0 aromatic heterocycles. The Morgan fingerprint density at radius 3 is 2.49 bits per heavy atom. The summed E-state index contributed by atoms with van der Waals surface area (Å²) in [6.07, 6.45) is 1.72. The van der Waals surface area contributed by atoms with Crippen LogP contribution in [-0.4, -0.2) is 33.9 Å². The van der Waals surface area contributed by atoms with Crippen molar-refractivity contribution in [2.24, 2.45) is 0 Å². The lowest BCUT2D eigenvalue weighted by Crippen LogP contribution is -2.09. The van der Waals surface area contributed by atoms with Gasteiger partial charge in [-0.25, -0.2) is 4.79 Å². The van der Waals surface area contributed by atoms with E-state index in [-0.39, 0.29) is 41.3 Å². The molecule has 0 amide bonds. The molecule has 35 heavy (non-hydrogen) atoms. The average molecular weight is 476 g/mol. The Balaban J connectivity index is 1.93. The maximum atomic E-state index is 12.5. The molecule has 0 fully saturated rings. The molecule has 2 aliphatic rings. The molecule has 0 saturated heterocycles. The number of fused-ring (bicyclic) bond motifs is 2. The lowest BCUT2D eigenvalue weighted by molar-refractivity contribution is -0.137. The van der Waals surface area contributed by atoms with Crippen LogP contribution in [0.3, 0.4) is 0 Å². The fraction of sp³-hybridized carbons (Fsp3) is 0.222. The Morgan fingerprint density at radius 2 is 1.77 bits per heavy atom. The topological polar surface area (TPSA) is 134 Å². The van der Waals surface area contributed by atoms with Crippen LogP contribution in [-0.2, 0) is 11.2 Å². The normalized spacial score (nSPS) is 11.1. The number of carboxylic acids is 2. The number of phenols is 1. The van der Waals surface area contributed by atoms with Gasteiger partial charge in [-0.15, -0.1) is 0 Å². The summed E-state index contributed by atoms with van der Waals surface area (Å²) in [6, 6.07) is 12.5. The Hall–Kier alpha value is -4.33. The highest BCUT2D eigenvalue weighted by Crippen LogP contribution is 2.43. The number of hydrogen-bond acceptors (Lipinski definition) is 6. The van der Waals surface area contributed by atoms with Crippen LogP contribution in [0.15, 0.2) is 57.7 Å². The van der Waals surface area contributed by atoms with Crippen LogP contribution >= 0.6 is 0 Å². The van der Waals surface area contributed by atoms with Crippen molar-refractivity contribution in [3.8, 4) is 33.9 Å². The molecule has 8 nitrogen and oxygen atoms in total. The summed E-state index contributed by atoms with van der Waals surface area (Å²) >= 11 is 0. The lowest BCUT2D eigenvalue weighted by Gasteiger charge is -2.18. The molecule has 0 bridgehead atoms. The minimum atomic E-state index is -1.13. The third kappa shape index (κ3) is 4.96. The zero-order chi connectivity index (χ0) is 25.1. The molecule has 8 heteroatoms. The third-order valence-corrected chi connectivity index (χ3v) is 5.76. The van der Waals surface area contributed by atoms with Crippen molar-refractivity contribution in [1.82, 2.24) is 0 Å². The predicted molar refractivity (Wildman–Crippen MR) is 130 cm³/mol. The number of ether oxygens (including phenoxy) is 1. The van der Waals surface area contributed by atoms with Crippen molar-refractivity contribution >= 4 is 22.9 Å². The summed E-state index contributed by atoms with van der Waals surface area (Å²) in [4.78, 5) is 35.5. The molecule has 0 saturated carbocycles. The number of aromatic carboxylic acids is 1. The van der Waals surface area contributed by atoms with Crippen molar-refractivity contribution in [2.45, 2.75) is 32.6 Å². The number of aliphatic carboxylic acids is 1. The van der Waals surface area contributed by atoms with E-state index in [4.69, 9.17) is 14.3 Å². The summed E-state index contributed by atoms with van der Waals surface area (Å²) < 4.78 is 11.4. The minimum Gasteiger partial charge on any atom is -0.508 e. The van der Waals surface area contributed by atoms with Crippen LogP contribution < -0.4 is 10.2 Å². The van der Waals surface area contributed by atoms with Gasteiger partial charge in [-0.2, -0.15) is 0 Å². The SMILES string of the molecule is CCOc1cc2c(-c3ccc(CCCCC(=O)O)cc3C(=O)O)c3ccc(O)cc3oc-2cc1=O. The smallest absolute Gasteiger partial charge is 0.336 e. The molecule has 2 aromatic rings. The number of phenolic OH excluding ortho intramolecular Hbond substituents is 1. The van der Waals surface area contributed by atoms with E-state index in [1.54, 1.807) is 31.2 Å². The molecule has 0 atom stereocenters. The summed E-state index contributed by atoms with van der Waals surface area (Å²) in [7, 11) is 0. The monoisotopic (exact) mass is 476 g/mol. The summed E-state index contributed by atoms with van der Waals surface area (Å²) in [6.45, 7) is 2.04. The van der Waals surface area contributed by atoms with Gasteiger partial charge < -0.3 is 24.5 Å². The van der Waals surface area contributed by atoms with Gasteiger partial charge in [0.05, 0.1) is 12.2 Å². The van der Waals surface area contributed by atoms with Gasteiger partial charge in [0, 0.05) is 35.1 Å². The summed E-state index contributed by atoms with van der Waals surface area (Å²) in [5.74, 6) is -1.66. The van der Waals surface area contributed by atoms with E-state index in [0.29, 0.717) is 46.9 Å². The zero-order valence-corrected chi connectivity index (χ0v) is 19.0. The van der Waals surface area contributed by atoms with Crippen molar-refractivity contribution in [3.63, 3.8) is 0 Å². The van der Waals surface area contributed by atoms with E-state index in [0.717, 1.165) is 5.56 Å². The number of carbonyl (C=O) groups is 2. The number of aromatic hydroxyl groups is 1. The standard InChI is InChI=1S/C27H24O8/c1-2-34-24-13-20-23(14-21(24)29)35-22-12-16(28)8-10-18(22)26(20)17-9-7-15(11-19(17)27(32)33)5-3-4-6-25(30)31/h7-14,28H,2-6H2,1H3,(H,30,31)(H,32,33). The van der Waals surface area contributed by atoms with Crippen LogP contribution in [0, 0.1) is 0 Å². The summed E-state index contributed by atoms with van der Waals surface area (Å²) in [5, 5.41) is 29.4. The third-order valence-electron chi connectivity index (χ3n) is 5.76. The van der Waals surface area contributed by atoms with E-state index in [1.807, 2.05) is 6.07 Å². The highest BCUT2D eigenvalue weighted by Gasteiger charge is 2.23. The number of carboxylic acid groups (broad SMARTS) is 2. The van der Waals surface area contributed by atoms with Crippen molar-refractivity contribution in [1.29, 1.82) is 0 Å². The van der Waals surface area contributed by atoms with E-state index >= 15 is 0 Å². The molecular weight excluding hydrogens is 452 g/mol.